The zero-order chi connectivity index (χ0) is 52.8. The zero-order valence-electron chi connectivity index (χ0n) is 45.2. The highest BCUT2D eigenvalue weighted by Gasteiger charge is 2.51. The van der Waals surface area contributed by atoms with Gasteiger partial charge < -0.3 is 48.3 Å². The van der Waals surface area contributed by atoms with Crippen LogP contribution >= 0.6 is 0 Å². The molecule has 404 valence electrons. The van der Waals surface area contributed by atoms with Gasteiger partial charge in [0.25, 0.3) is 11.7 Å². The number of hydrogen-bond acceptors (Lipinski definition) is 14. The van der Waals surface area contributed by atoms with E-state index in [1.165, 1.54) is 12.0 Å². The van der Waals surface area contributed by atoms with E-state index in [0.29, 0.717) is 70.3 Å². The molecular weight excluding hydrogens is 911 g/mol. The van der Waals surface area contributed by atoms with Crippen molar-refractivity contribution in [2.75, 3.05) is 54.3 Å². The van der Waals surface area contributed by atoms with Gasteiger partial charge in [-0.2, -0.15) is 0 Å². The smallest absolute Gasteiger partial charge is 0.329 e. The quantitative estimate of drug-likeness (QED) is 0.0232. The molecule has 0 radical (unpaired) electrons. The van der Waals surface area contributed by atoms with Crippen LogP contribution in [0.25, 0.3) is 0 Å². The Kier molecular flexibility index (Phi) is 27.3. The van der Waals surface area contributed by atoms with E-state index in [1.54, 1.807) is 41.1 Å². The number of ketones is 3. The first kappa shape index (κ1) is 61.9. The second-order valence-electron chi connectivity index (χ2n) is 20.5. The van der Waals surface area contributed by atoms with Crippen LogP contribution in [0.2, 0.25) is 0 Å². The summed E-state index contributed by atoms with van der Waals surface area (Å²) in [6.45, 7) is 18.7. The van der Waals surface area contributed by atoms with Crippen LogP contribution in [0.1, 0.15) is 139 Å². The summed E-state index contributed by atoms with van der Waals surface area (Å²) in [5.74, 6) is -7.45. The van der Waals surface area contributed by atoms with Crippen molar-refractivity contribution in [1.29, 1.82) is 0 Å². The molecule has 15 heteroatoms. The molecule has 0 unspecified atom stereocenters. The molecule has 0 aromatic heterocycles. The Labute approximate surface area is 425 Å². The van der Waals surface area contributed by atoms with Gasteiger partial charge in [-0.15, -0.1) is 0 Å². The molecule has 3 rings (SSSR count). The Hall–Kier alpha value is -3.41. The number of carbonyl (C=O) groups excluding carboxylic acids is 5. The second-order valence-corrected chi connectivity index (χ2v) is 20.5. The van der Waals surface area contributed by atoms with E-state index >= 15 is 0 Å². The minimum Gasteiger partial charge on any atom is -0.460 e. The molecule has 2 aliphatic heterocycles. The number of amides is 1. The Bertz CT molecular complexity index is 1810. The number of piperidine rings is 1. The van der Waals surface area contributed by atoms with Gasteiger partial charge in [0.2, 0.25) is 5.79 Å². The Morgan fingerprint density at radius 2 is 1.61 bits per heavy atom. The highest BCUT2D eigenvalue weighted by atomic mass is 16.6. The average Bonchev–Trinajstić information content (AvgIpc) is 3.35. The van der Waals surface area contributed by atoms with Gasteiger partial charge in [-0.25, -0.2) is 4.79 Å². The SMILES string of the molecule is CCOCCO[C@@H]1CC[C@@H](C[C@@H](C)[C@H](CC(=O)[C@H](C)/C=C(\C)[C@@H](O)[C@@H](OC)C(=O)[C@H](C)C[C@H](C)/C=C/C=C/C=C(\C)[C@H](CC)OC)OC(=O)[C@@H]2CCCCN2C(=O)C(=O)[C@]2(O)OCCC[C@H]2C)C[C@H]1OC. The average molecular weight is 1000 g/mol. The standard InChI is InChI=1S/C56H91NO14/c1-13-46(65-10)37(4)22-17-15-16-21-36(3)31-40(7)50(59)52(67-12)51(60)41(8)32-38(5)45(58)35-48(39(6)33-43-25-26-47(49(34-43)66-11)69-30-29-68-14-2)71-55(63)44-24-18-19-27-57(44)54(62)53(61)56(64)42(9)23-20-28-70-56/h15-17,21-22,32,36,38-40,42-44,46-49,51-52,60,64H,13-14,18-20,23-31,33-35H2,1-12H3/b17-15+,21-16+,37-22+,41-32+/t36-,38-,39-,40-,42-,43+,44+,46+,47-,48+,49-,51-,52+,56-/m1/s1. The summed E-state index contributed by atoms with van der Waals surface area (Å²) in [5.41, 5.74) is 1.53. The van der Waals surface area contributed by atoms with Gasteiger partial charge in [0.1, 0.15) is 30.1 Å². The van der Waals surface area contributed by atoms with Crippen LogP contribution in [0.4, 0.5) is 0 Å². The van der Waals surface area contributed by atoms with Crippen molar-refractivity contribution in [3.8, 4) is 0 Å². The Morgan fingerprint density at radius 3 is 2.25 bits per heavy atom. The van der Waals surface area contributed by atoms with Crippen molar-refractivity contribution in [3.63, 3.8) is 0 Å². The summed E-state index contributed by atoms with van der Waals surface area (Å²) >= 11 is 0. The maximum absolute atomic E-state index is 14.3. The number of carbonyl (C=O) groups is 5. The summed E-state index contributed by atoms with van der Waals surface area (Å²) in [6.07, 6.45) is 14.8. The minimum absolute atomic E-state index is 0.0671. The summed E-state index contributed by atoms with van der Waals surface area (Å²) in [4.78, 5) is 70.9. The zero-order valence-corrected chi connectivity index (χ0v) is 45.2. The lowest BCUT2D eigenvalue weighted by atomic mass is 9.78. The second kappa shape index (κ2) is 31.4. The molecule has 2 saturated heterocycles. The Morgan fingerprint density at radius 1 is 0.873 bits per heavy atom. The number of ether oxygens (including phenoxy) is 7. The summed E-state index contributed by atoms with van der Waals surface area (Å²) < 4.78 is 40.3. The molecule has 2 N–H and O–H groups in total. The molecule has 0 spiro atoms. The number of nitrogens with zero attached hydrogens (tertiary/aromatic N) is 1. The van der Waals surface area contributed by atoms with E-state index in [9.17, 15) is 34.2 Å². The number of aliphatic hydroxyl groups excluding tert-OH is 1. The van der Waals surface area contributed by atoms with Gasteiger partial charge >= 0.3 is 5.97 Å². The van der Waals surface area contributed by atoms with Crippen molar-refractivity contribution in [3.05, 3.63) is 47.6 Å². The van der Waals surface area contributed by atoms with Crippen molar-refractivity contribution < 1.29 is 67.3 Å². The topological polar surface area (TPSA) is 194 Å². The van der Waals surface area contributed by atoms with E-state index in [1.807, 2.05) is 65.0 Å². The van der Waals surface area contributed by atoms with Gasteiger partial charge in [-0.3, -0.25) is 19.2 Å². The van der Waals surface area contributed by atoms with Gasteiger partial charge in [-0.1, -0.05) is 78.0 Å². The van der Waals surface area contributed by atoms with Crippen LogP contribution in [0.3, 0.4) is 0 Å². The highest BCUT2D eigenvalue weighted by molar-refractivity contribution is 6.39. The highest BCUT2D eigenvalue weighted by Crippen LogP contribution is 2.36. The van der Waals surface area contributed by atoms with Gasteiger partial charge in [-0.05, 0) is 120 Å². The third-order valence-corrected chi connectivity index (χ3v) is 14.9. The maximum Gasteiger partial charge on any atom is 0.329 e. The lowest BCUT2D eigenvalue weighted by molar-refractivity contribution is -0.241. The first-order chi connectivity index (χ1) is 33.8. The minimum atomic E-state index is -2.28. The Balaban J connectivity index is 1.78. The number of aliphatic hydroxyl groups is 2. The van der Waals surface area contributed by atoms with Crippen LogP contribution in [-0.4, -0.2) is 147 Å². The van der Waals surface area contributed by atoms with E-state index in [2.05, 4.69) is 6.92 Å². The molecule has 15 nitrogen and oxygen atoms in total. The van der Waals surface area contributed by atoms with E-state index in [0.717, 1.165) is 24.8 Å². The lowest BCUT2D eigenvalue weighted by Crippen LogP contribution is -2.59. The molecule has 14 atom stereocenters. The van der Waals surface area contributed by atoms with Gasteiger partial charge in [0.15, 0.2) is 5.78 Å². The van der Waals surface area contributed by atoms with E-state index in [-0.39, 0.29) is 73.6 Å². The fourth-order valence-corrected chi connectivity index (χ4v) is 10.4. The number of methoxy groups -OCH3 is 3. The summed E-state index contributed by atoms with van der Waals surface area (Å²) in [5, 5.41) is 22.7. The molecular formula is C56H91NO14. The van der Waals surface area contributed by atoms with Crippen LogP contribution in [0, 0.1) is 35.5 Å². The molecule has 1 saturated carbocycles. The number of hydrogen-bond donors (Lipinski definition) is 2. The van der Waals surface area contributed by atoms with Gasteiger partial charge in [0.05, 0.1) is 38.1 Å². The molecule has 0 bridgehead atoms. The van der Waals surface area contributed by atoms with Crippen LogP contribution in [0.15, 0.2) is 47.6 Å². The fraction of sp³-hybridized carbons (Fsp3) is 0.768. The molecule has 3 fully saturated rings. The first-order valence-corrected chi connectivity index (χ1v) is 26.4. The largest absolute Gasteiger partial charge is 0.460 e. The fourth-order valence-electron chi connectivity index (χ4n) is 10.4. The van der Waals surface area contributed by atoms with Crippen molar-refractivity contribution in [1.82, 2.24) is 4.90 Å². The van der Waals surface area contributed by atoms with Gasteiger partial charge in [0, 0.05) is 58.7 Å². The molecule has 1 aliphatic carbocycles. The first-order valence-electron chi connectivity index (χ1n) is 26.4. The molecule has 1 amide bonds. The lowest BCUT2D eigenvalue weighted by Gasteiger charge is -2.40. The third kappa shape index (κ3) is 18.5. The molecule has 0 aromatic rings. The monoisotopic (exact) mass is 1000 g/mol. The molecule has 2 heterocycles. The van der Waals surface area contributed by atoms with Crippen LogP contribution in [0.5, 0.6) is 0 Å². The van der Waals surface area contributed by atoms with E-state index < -0.39 is 65.6 Å². The summed E-state index contributed by atoms with van der Waals surface area (Å²) in [7, 11) is 4.76. The molecule has 3 aliphatic rings. The number of esters is 1. The number of allylic oxidation sites excluding steroid dienone is 6. The molecule has 0 aromatic carbocycles. The number of rotatable bonds is 30. The normalized spacial score (nSPS) is 27.1. The maximum atomic E-state index is 14.3. The predicted molar refractivity (Wildman–Crippen MR) is 272 cm³/mol. The van der Waals surface area contributed by atoms with Crippen LogP contribution in [-0.2, 0) is 57.1 Å². The van der Waals surface area contributed by atoms with Crippen LogP contribution < -0.4 is 0 Å². The van der Waals surface area contributed by atoms with Crippen molar-refractivity contribution in [2.24, 2.45) is 35.5 Å². The van der Waals surface area contributed by atoms with Crippen molar-refractivity contribution in [2.45, 2.75) is 188 Å². The summed E-state index contributed by atoms with van der Waals surface area (Å²) in [6, 6.07) is -1.10. The third-order valence-electron chi connectivity index (χ3n) is 14.9. The number of Topliss-reactive ketones (excluding diaryl/α,β-unsaturated/α-hetero) is 3. The van der Waals surface area contributed by atoms with E-state index in [4.69, 9.17) is 33.2 Å². The van der Waals surface area contributed by atoms with Crippen molar-refractivity contribution >= 4 is 29.2 Å². The molecule has 71 heavy (non-hydrogen) atoms. The number of likely N-dealkylation sites (tertiary alicyclic amines) is 1. The predicted octanol–water partition coefficient (Wildman–Crippen LogP) is 7.88.